The molecule has 1 aliphatic rings. The molecule has 2 aromatic carbocycles. The van der Waals surface area contributed by atoms with E-state index in [2.05, 4.69) is 29.6 Å². The molecule has 1 heterocycles. The maximum absolute atomic E-state index is 12.2. The van der Waals surface area contributed by atoms with Gasteiger partial charge in [-0.15, -0.1) is 0 Å². The predicted octanol–water partition coefficient (Wildman–Crippen LogP) is 2.33. The molecule has 1 atom stereocenters. The van der Waals surface area contributed by atoms with Crippen molar-refractivity contribution in [3.8, 4) is 11.1 Å². The lowest BCUT2D eigenvalue weighted by atomic mass is 9.94. The van der Waals surface area contributed by atoms with Crippen molar-refractivity contribution in [2.24, 2.45) is 0 Å². The molecule has 0 bridgehead atoms. The summed E-state index contributed by atoms with van der Waals surface area (Å²) in [6.07, 6.45) is 0.730. The molecule has 0 aromatic heterocycles. The van der Waals surface area contributed by atoms with Gasteiger partial charge in [-0.05, 0) is 23.1 Å². The molecule has 1 aliphatic heterocycles. The largest absolute Gasteiger partial charge is 0.343 e. The highest BCUT2D eigenvalue weighted by Gasteiger charge is 2.26. The molecular formula is C18H20N2O. The van der Waals surface area contributed by atoms with Gasteiger partial charge in [0.1, 0.15) is 0 Å². The number of rotatable bonds is 3. The molecular weight excluding hydrogens is 260 g/mol. The molecule has 0 saturated carbocycles. The lowest BCUT2D eigenvalue weighted by Crippen LogP contribution is -2.54. The van der Waals surface area contributed by atoms with Crippen LogP contribution in [0.4, 0.5) is 0 Å². The summed E-state index contributed by atoms with van der Waals surface area (Å²) >= 11 is 0. The van der Waals surface area contributed by atoms with E-state index >= 15 is 0 Å². The van der Waals surface area contributed by atoms with E-state index in [1.807, 2.05) is 42.3 Å². The van der Waals surface area contributed by atoms with Crippen LogP contribution in [0, 0.1) is 0 Å². The van der Waals surface area contributed by atoms with E-state index < -0.39 is 0 Å². The Balaban J connectivity index is 1.88. The fourth-order valence-corrected chi connectivity index (χ4v) is 2.85. The Morgan fingerprint density at radius 1 is 1.10 bits per heavy atom. The highest BCUT2D eigenvalue weighted by atomic mass is 16.2. The Kier molecular flexibility index (Phi) is 4.02. The van der Waals surface area contributed by atoms with Crippen LogP contribution in [0.3, 0.4) is 0 Å². The summed E-state index contributed by atoms with van der Waals surface area (Å²) in [4.78, 5) is 14.1. The van der Waals surface area contributed by atoms with Crippen LogP contribution in [-0.4, -0.2) is 37.0 Å². The maximum atomic E-state index is 12.2. The summed E-state index contributed by atoms with van der Waals surface area (Å²) in [5, 5.41) is 3.34. The molecule has 3 nitrogen and oxygen atoms in total. The number of hydrogen-bond acceptors (Lipinski definition) is 2. The second-order valence-corrected chi connectivity index (χ2v) is 5.49. The van der Waals surface area contributed by atoms with E-state index in [9.17, 15) is 4.79 Å². The van der Waals surface area contributed by atoms with Crippen molar-refractivity contribution in [1.82, 2.24) is 10.2 Å². The van der Waals surface area contributed by atoms with Crippen LogP contribution >= 0.6 is 0 Å². The Morgan fingerprint density at radius 2 is 1.81 bits per heavy atom. The van der Waals surface area contributed by atoms with Crippen molar-refractivity contribution in [1.29, 1.82) is 0 Å². The number of carbonyl (C=O) groups is 1. The minimum atomic E-state index is -0.117. The van der Waals surface area contributed by atoms with Crippen LogP contribution in [0.25, 0.3) is 11.1 Å². The van der Waals surface area contributed by atoms with Crippen LogP contribution in [0.15, 0.2) is 54.6 Å². The van der Waals surface area contributed by atoms with Crippen molar-refractivity contribution in [3.05, 3.63) is 60.2 Å². The first-order valence-corrected chi connectivity index (χ1v) is 7.37. The van der Waals surface area contributed by atoms with Crippen LogP contribution < -0.4 is 5.32 Å². The lowest BCUT2D eigenvalue weighted by molar-refractivity contribution is -0.134. The first-order valence-electron chi connectivity index (χ1n) is 7.37. The topological polar surface area (TPSA) is 32.3 Å². The van der Waals surface area contributed by atoms with E-state index in [1.165, 1.54) is 16.7 Å². The molecule has 1 fully saturated rings. The lowest BCUT2D eigenvalue weighted by Gasteiger charge is -2.30. The molecule has 3 heteroatoms. The number of piperazine rings is 1. The summed E-state index contributed by atoms with van der Waals surface area (Å²) in [5.41, 5.74) is 3.62. The average Bonchev–Trinajstić information content (AvgIpc) is 2.53. The third-order valence-corrected chi connectivity index (χ3v) is 4.04. The van der Waals surface area contributed by atoms with Crippen molar-refractivity contribution >= 4 is 5.91 Å². The highest BCUT2D eigenvalue weighted by Crippen LogP contribution is 2.24. The maximum Gasteiger partial charge on any atom is 0.239 e. The second-order valence-electron chi connectivity index (χ2n) is 5.49. The number of nitrogens with zero attached hydrogens (tertiary/aromatic N) is 1. The Morgan fingerprint density at radius 3 is 2.62 bits per heavy atom. The van der Waals surface area contributed by atoms with E-state index in [0.29, 0.717) is 0 Å². The van der Waals surface area contributed by atoms with E-state index in [-0.39, 0.29) is 11.9 Å². The molecule has 1 amide bonds. The second kappa shape index (κ2) is 6.10. The zero-order valence-electron chi connectivity index (χ0n) is 12.3. The summed E-state index contributed by atoms with van der Waals surface area (Å²) in [6.45, 7) is 1.65. The van der Waals surface area contributed by atoms with Gasteiger partial charge in [0.15, 0.2) is 0 Å². The van der Waals surface area contributed by atoms with Crippen molar-refractivity contribution in [2.75, 3.05) is 20.1 Å². The van der Waals surface area contributed by atoms with Crippen molar-refractivity contribution in [3.63, 3.8) is 0 Å². The van der Waals surface area contributed by atoms with Gasteiger partial charge >= 0.3 is 0 Å². The van der Waals surface area contributed by atoms with Gasteiger partial charge in [0.25, 0.3) is 0 Å². The van der Waals surface area contributed by atoms with E-state index in [1.54, 1.807) is 0 Å². The van der Waals surface area contributed by atoms with Gasteiger partial charge in [-0.1, -0.05) is 54.6 Å². The van der Waals surface area contributed by atoms with E-state index in [4.69, 9.17) is 0 Å². The highest BCUT2D eigenvalue weighted by molar-refractivity contribution is 5.83. The van der Waals surface area contributed by atoms with Crippen molar-refractivity contribution in [2.45, 2.75) is 12.5 Å². The number of amides is 1. The molecule has 1 unspecified atom stereocenters. The molecule has 0 spiro atoms. The molecule has 0 aliphatic carbocycles. The fourth-order valence-electron chi connectivity index (χ4n) is 2.85. The zero-order chi connectivity index (χ0) is 14.7. The molecule has 3 rings (SSSR count). The van der Waals surface area contributed by atoms with Crippen molar-refractivity contribution < 1.29 is 4.79 Å². The van der Waals surface area contributed by atoms with Gasteiger partial charge < -0.3 is 10.2 Å². The number of likely N-dealkylation sites (N-methyl/N-ethyl adjacent to an activating group) is 1. The average molecular weight is 280 g/mol. The summed E-state index contributed by atoms with van der Waals surface area (Å²) in [6, 6.07) is 18.6. The Bertz CT molecular complexity index is 624. The molecule has 108 valence electrons. The number of hydrogen-bond donors (Lipinski definition) is 1. The zero-order valence-corrected chi connectivity index (χ0v) is 12.3. The van der Waals surface area contributed by atoms with Gasteiger partial charge in [0.2, 0.25) is 5.91 Å². The number of nitrogens with one attached hydrogen (secondary N) is 1. The first kappa shape index (κ1) is 13.8. The fraction of sp³-hybridized carbons (Fsp3) is 0.278. The standard InChI is InChI=1S/C18H20N2O/c1-20-12-11-19-17(18(20)21)13-15-9-5-6-10-16(15)14-7-3-2-4-8-14/h2-10,17,19H,11-13H2,1H3. The minimum Gasteiger partial charge on any atom is -0.343 e. The van der Waals surface area contributed by atoms with Crippen LogP contribution in [0.1, 0.15) is 5.56 Å². The normalized spacial score (nSPS) is 18.8. The van der Waals surface area contributed by atoms with E-state index in [0.717, 1.165) is 19.5 Å². The first-order chi connectivity index (χ1) is 10.3. The number of benzene rings is 2. The van der Waals surface area contributed by atoms with Gasteiger partial charge in [-0.25, -0.2) is 0 Å². The summed E-state index contributed by atoms with van der Waals surface area (Å²) < 4.78 is 0. The monoisotopic (exact) mass is 280 g/mol. The molecule has 0 radical (unpaired) electrons. The predicted molar refractivity (Wildman–Crippen MR) is 85.0 cm³/mol. The van der Waals surface area contributed by atoms with Gasteiger partial charge in [-0.3, -0.25) is 4.79 Å². The molecule has 21 heavy (non-hydrogen) atoms. The SMILES string of the molecule is CN1CCNC(Cc2ccccc2-c2ccccc2)C1=O. The van der Waals surface area contributed by atoms with Crippen LogP contribution in [0.2, 0.25) is 0 Å². The summed E-state index contributed by atoms with van der Waals surface area (Å²) in [7, 11) is 1.87. The third kappa shape index (κ3) is 2.98. The molecule has 1 saturated heterocycles. The van der Waals surface area contributed by atoms with Gasteiger partial charge in [0.05, 0.1) is 6.04 Å². The van der Waals surface area contributed by atoms with Gasteiger partial charge in [-0.2, -0.15) is 0 Å². The van der Waals surface area contributed by atoms with Crippen LogP contribution in [0.5, 0.6) is 0 Å². The van der Waals surface area contributed by atoms with Crippen LogP contribution in [-0.2, 0) is 11.2 Å². The Labute approximate surface area is 125 Å². The Hall–Kier alpha value is -2.13. The number of carbonyl (C=O) groups excluding carboxylic acids is 1. The quantitative estimate of drug-likeness (QED) is 0.936. The summed E-state index contributed by atoms with van der Waals surface area (Å²) in [5.74, 6) is 0.184. The minimum absolute atomic E-state index is 0.117. The van der Waals surface area contributed by atoms with Gasteiger partial charge in [0, 0.05) is 20.1 Å². The smallest absolute Gasteiger partial charge is 0.239 e. The third-order valence-electron chi connectivity index (χ3n) is 4.04. The molecule has 1 N–H and O–H groups in total. The molecule has 2 aromatic rings.